The third-order valence-corrected chi connectivity index (χ3v) is 2.80. The maximum atomic E-state index is 9.20. The van der Waals surface area contributed by atoms with Crippen molar-refractivity contribution in [2.45, 2.75) is 46.1 Å². The summed E-state index contributed by atoms with van der Waals surface area (Å²) in [5.41, 5.74) is -0.671. The van der Waals surface area contributed by atoms with Crippen molar-refractivity contribution in [2.24, 2.45) is 10.4 Å². The first kappa shape index (κ1) is 11.0. The Kier molecular flexibility index (Phi) is 2.84. The van der Waals surface area contributed by atoms with Crippen molar-refractivity contribution in [1.29, 1.82) is 5.26 Å². The van der Waals surface area contributed by atoms with E-state index in [1.807, 2.05) is 27.7 Å². The van der Waals surface area contributed by atoms with E-state index in [1.165, 1.54) is 0 Å². The molecule has 0 amide bonds. The van der Waals surface area contributed by atoms with Crippen molar-refractivity contribution in [3.8, 4) is 6.07 Å². The van der Waals surface area contributed by atoms with Crippen LogP contribution in [0.5, 0.6) is 0 Å². The lowest BCUT2D eigenvalue weighted by Gasteiger charge is -2.21. The molecule has 0 bridgehead atoms. The summed E-state index contributed by atoms with van der Waals surface area (Å²) >= 11 is 0. The third kappa shape index (κ3) is 1.75. The van der Waals surface area contributed by atoms with Gasteiger partial charge in [0.1, 0.15) is 12.0 Å². The predicted molar refractivity (Wildman–Crippen MR) is 56.1 cm³/mol. The van der Waals surface area contributed by atoms with E-state index >= 15 is 0 Å². The van der Waals surface area contributed by atoms with Crippen LogP contribution in [0.4, 0.5) is 0 Å². The van der Waals surface area contributed by atoms with Crippen molar-refractivity contribution in [3.05, 3.63) is 0 Å². The van der Waals surface area contributed by atoms with Crippen LogP contribution in [-0.4, -0.2) is 18.0 Å². The van der Waals surface area contributed by atoms with Gasteiger partial charge in [0, 0.05) is 0 Å². The topological polar surface area (TPSA) is 45.4 Å². The second-order valence-corrected chi connectivity index (χ2v) is 4.42. The van der Waals surface area contributed by atoms with E-state index < -0.39 is 5.41 Å². The molecule has 1 aliphatic heterocycles. The van der Waals surface area contributed by atoms with Gasteiger partial charge in [-0.2, -0.15) is 5.26 Å². The zero-order valence-electron chi connectivity index (χ0n) is 9.42. The average Bonchev–Trinajstić information content (AvgIpc) is 2.51. The van der Waals surface area contributed by atoms with Crippen LogP contribution in [0.1, 0.15) is 40.5 Å². The minimum absolute atomic E-state index is 0.165. The van der Waals surface area contributed by atoms with Gasteiger partial charge >= 0.3 is 0 Å². The minimum Gasteiger partial charge on any atom is -0.477 e. The number of hydrogen-bond acceptors (Lipinski definition) is 3. The maximum Gasteiger partial charge on any atom is 0.205 e. The highest BCUT2D eigenvalue weighted by atomic mass is 16.5. The highest BCUT2D eigenvalue weighted by Crippen LogP contribution is 2.33. The molecule has 0 radical (unpaired) electrons. The van der Waals surface area contributed by atoms with Crippen LogP contribution in [0.3, 0.4) is 0 Å². The SMILES string of the molecule is CCC(C#N)(CC)C1=NC(C)(C)CO1. The van der Waals surface area contributed by atoms with E-state index in [2.05, 4.69) is 11.1 Å². The molecular weight excluding hydrogens is 176 g/mol. The van der Waals surface area contributed by atoms with Crippen LogP contribution < -0.4 is 0 Å². The summed E-state index contributed by atoms with van der Waals surface area (Å²) in [6, 6.07) is 2.34. The van der Waals surface area contributed by atoms with Crippen LogP contribution in [-0.2, 0) is 4.74 Å². The first-order valence-electron chi connectivity index (χ1n) is 5.14. The summed E-state index contributed by atoms with van der Waals surface area (Å²) in [5, 5.41) is 9.20. The average molecular weight is 194 g/mol. The summed E-state index contributed by atoms with van der Waals surface area (Å²) in [6.07, 6.45) is 1.52. The van der Waals surface area contributed by atoms with Crippen molar-refractivity contribution in [2.75, 3.05) is 6.61 Å². The fourth-order valence-electron chi connectivity index (χ4n) is 1.59. The number of hydrogen-bond donors (Lipinski definition) is 0. The zero-order valence-corrected chi connectivity index (χ0v) is 9.42. The Morgan fingerprint density at radius 1 is 1.50 bits per heavy atom. The molecule has 3 heteroatoms. The van der Waals surface area contributed by atoms with Crippen LogP contribution in [0.2, 0.25) is 0 Å². The molecule has 0 atom stereocenters. The number of nitrogens with zero attached hydrogens (tertiary/aromatic N) is 2. The van der Waals surface area contributed by atoms with Gasteiger partial charge in [-0.05, 0) is 26.7 Å². The first-order chi connectivity index (χ1) is 6.49. The Morgan fingerprint density at radius 3 is 2.36 bits per heavy atom. The van der Waals surface area contributed by atoms with Gasteiger partial charge in [0.25, 0.3) is 0 Å². The van der Waals surface area contributed by atoms with Gasteiger partial charge in [-0.25, -0.2) is 4.99 Å². The number of rotatable bonds is 3. The lowest BCUT2D eigenvalue weighted by atomic mass is 9.84. The molecule has 0 aromatic heterocycles. The molecule has 0 aromatic rings. The molecule has 1 heterocycles. The maximum absolute atomic E-state index is 9.20. The molecule has 78 valence electrons. The standard InChI is InChI=1S/C11H18N2O/c1-5-11(6-2,7-12)9-13-10(3,4)8-14-9/h5-6,8H2,1-4H3. The highest BCUT2D eigenvalue weighted by molar-refractivity contribution is 5.87. The third-order valence-electron chi connectivity index (χ3n) is 2.80. The van der Waals surface area contributed by atoms with E-state index in [0.29, 0.717) is 12.5 Å². The number of nitriles is 1. The van der Waals surface area contributed by atoms with E-state index in [-0.39, 0.29) is 5.54 Å². The molecule has 0 aromatic carbocycles. The Morgan fingerprint density at radius 2 is 2.07 bits per heavy atom. The van der Waals surface area contributed by atoms with Gasteiger partial charge in [0.05, 0.1) is 11.6 Å². The highest BCUT2D eigenvalue weighted by Gasteiger charge is 2.40. The fourth-order valence-corrected chi connectivity index (χ4v) is 1.59. The molecule has 0 saturated carbocycles. The molecule has 0 aliphatic carbocycles. The van der Waals surface area contributed by atoms with Crippen LogP contribution in [0.25, 0.3) is 0 Å². The minimum atomic E-state index is -0.506. The molecule has 1 aliphatic rings. The molecule has 0 spiro atoms. The molecule has 0 unspecified atom stereocenters. The lowest BCUT2D eigenvalue weighted by molar-refractivity contribution is 0.251. The summed E-state index contributed by atoms with van der Waals surface area (Å²) in [6.45, 7) is 8.64. The normalized spacial score (nSPS) is 19.8. The molecule has 3 nitrogen and oxygen atoms in total. The Bertz CT molecular complexity index is 282. The van der Waals surface area contributed by atoms with Crippen LogP contribution in [0, 0.1) is 16.7 Å². The van der Waals surface area contributed by atoms with Gasteiger partial charge in [-0.3, -0.25) is 0 Å². The summed E-state index contributed by atoms with van der Waals surface area (Å²) in [5.74, 6) is 0.634. The van der Waals surface area contributed by atoms with Gasteiger partial charge in [0.2, 0.25) is 5.90 Å². The molecule has 1 rings (SSSR count). The summed E-state index contributed by atoms with van der Waals surface area (Å²) < 4.78 is 5.53. The Balaban J connectivity index is 2.99. The Labute approximate surface area is 85.8 Å². The largest absolute Gasteiger partial charge is 0.477 e. The molecule has 0 N–H and O–H groups in total. The first-order valence-corrected chi connectivity index (χ1v) is 5.14. The summed E-state index contributed by atoms with van der Waals surface area (Å²) in [4.78, 5) is 4.48. The van der Waals surface area contributed by atoms with E-state index in [1.54, 1.807) is 0 Å². The van der Waals surface area contributed by atoms with Gasteiger partial charge < -0.3 is 4.74 Å². The van der Waals surface area contributed by atoms with Gasteiger partial charge in [0.15, 0.2) is 0 Å². The second kappa shape index (κ2) is 3.61. The van der Waals surface area contributed by atoms with E-state index in [0.717, 1.165) is 12.8 Å². The zero-order chi connectivity index (χ0) is 10.8. The predicted octanol–water partition coefficient (Wildman–Crippen LogP) is 2.52. The van der Waals surface area contributed by atoms with Crippen molar-refractivity contribution in [3.63, 3.8) is 0 Å². The second-order valence-electron chi connectivity index (χ2n) is 4.42. The van der Waals surface area contributed by atoms with Crippen molar-refractivity contribution < 1.29 is 4.74 Å². The number of aliphatic imine (C=N–C) groups is 1. The van der Waals surface area contributed by atoms with E-state index in [4.69, 9.17) is 4.74 Å². The fraction of sp³-hybridized carbons (Fsp3) is 0.818. The van der Waals surface area contributed by atoms with Crippen LogP contribution in [0.15, 0.2) is 4.99 Å². The monoisotopic (exact) mass is 194 g/mol. The van der Waals surface area contributed by atoms with Crippen molar-refractivity contribution >= 4 is 5.90 Å². The lowest BCUT2D eigenvalue weighted by Crippen LogP contribution is -2.28. The molecular formula is C11H18N2O. The smallest absolute Gasteiger partial charge is 0.205 e. The van der Waals surface area contributed by atoms with E-state index in [9.17, 15) is 5.26 Å². The van der Waals surface area contributed by atoms with Gasteiger partial charge in [-0.15, -0.1) is 0 Å². The van der Waals surface area contributed by atoms with Crippen LogP contribution >= 0.6 is 0 Å². The molecule has 14 heavy (non-hydrogen) atoms. The van der Waals surface area contributed by atoms with Gasteiger partial charge in [-0.1, -0.05) is 13.8 Å². The molecule has 0 fully saturated rings. The number of ether oxygens (including phenoxy) is 1. The molecule has 0 saturated heterocycles. The Hall–Kier alpha value is -1.04. The quantitative estimate of drug-likeness (QED) is 0.693. The van der Waals surface area contributed by atoms with Crippen molar-refractivity contribution in [1.82, 2.24) is 0 Å². The summed E-state index contributed by atoms with van der Waals surface area (Å²) in [7, 11) is 0.